The molecule has 0 heterocycles. The average molecular weight is 651 g/mol. The van der Waals surface area contributed by atoms with Crippen molar-refractivity contribution in [3.05, 3.63) is 29.8 Å². The minimum atomic E-state index is -3.92. The van der Waals surface area contributed by atoms with Crippen molar-refractivity contribution in [2.45, 2.75) is 122 Å². The van der Waals surface area contributed by atoms with E-state index in [2.05, 4.69) is 22.4 Å². The summed E-state index contributed by atoms with van der Waals surface area (Å²) >= 11 is 0. The molecule has 0 aliphatic carbocycles. The first-order valence-corrected chi connectivity index (χ1v) is 18.9. The summed E-state index contributed by atoms with van der Waals surface area (Å²) in [6.07, 6.45) is 23.3. The molecule has 1 atom stereocenters. The summed E-state index contributed by atoms with van der Waals surface area (Å²) in [6.45, 7) is 1.64. The monoisotopic (exact) mass is 650 g/mol. The summed E-state index contributed by atoms with van der Waals surface area (Å²) in [4.78, 5) is 25.6. The number of likely N-dealkylation sites (N-methyl/N-ethyl adjacent to an activating group) is 1. The van der Waals surface area contributed by atoms with Crippen LogP contribution in [0.3, 0.4) is 0 Å². The van der Waals surface area contributed by atoms with Crippen LogP contribution in [0.4, 0.5) is 5.69 Å². The van der Waals surface area contributed by atoms with E-state index in [4.69, 9.17) is 9.05 Å². The van der Waals surface area contributed by atoms with Gasteiger partial charge in [-0.25, -0.2) is 4.57 Å². The topological polar surface area (TPSA) is 114 Å². The van der Waals surface area contributed by atoms with Crippen LogP contribution in [-0.4, -0.2) is 76.0 Å². The summed E-state index contributed by atoms with van der Waals surface area (Å²) in [6, 6.07) is 8.16. The maximum absolute atomic E-state index is 12.0. The Morgan fingerprint density at radius 2 is 1.29 bits per heavy atom. The van der Waals surface area contributed by atoms with Crippen molar-refractivity contribution in [2.24, 2.45) is 4.99 Å². The summed E-state index contributed by atoms with van der Waals surface area (Å²) in [7, 11) is 2.76. The molecule has 11 heteroatoms. The van der Waals surface area contributed by atoms with Gasteiger partial charge in [0.1, 0.15) is 13.2 Å². The number of nitrogens with one attached hydrogen (secondary N) is 1. The Morgan fingerprint density at radius 3 is 1.80 bits per heavy atom. The van der Waals surface area contributed by atoms with Gasteiger partial charge in [0.05, 0.1) is 27.7 Å². The van der Waals surface area contributed by atoms with E-state index < -0.39 is 7.82 Å². The van der Waals surface area contributed by atoms with E-state index in [0.717, 1.165) is 31.4 Å². The van der Waals surface area contributed by atoms with Crippen LogP contribution in [0.15, 0.2) is 29.3 Å². The first kappa shape index (κ1) is 41.3. The van der Waals surface area contributed by atoms with E-state index in [0.29, 0.717) is 37.6 Å². The van der Waals surface area contributed by atoms with Crippen molar-refractivity contribution in [3.8, 4) is 0 Å². The van der Waals surface area contributed by atoms with Crippen molar-refractivity contribution in [1.29, 1.82) is 0 Å². The quantitative estimate of drug-likeness (QED) is 0.0286. The van der Waals surface area contributed by atoms with E-state index in [1.165, 1.54) is 95.1 Å². The number of phosphoric acid groups is 1. The molecule has 0 spiro atoms. The first-order chi connectivity index (χ1) is 21.6. The molecule has 0 aliphatic heterocycles. The number of benzene rings is 1. The van der Waals surface area contributed by atoms with E-state index in [1.54, 1.807) is 0 Å². The van der Waals surface area contributed by atoms with Gasteiger partial charge in [0.25, 0.3) is 0 Å². The SMILES string of the molecule is C[N+](C)(C)CCOP(=O)(O)OCCCCCCCCCCCCCCCCCCc1ccc(NC(=O)CCC/N=C/B=O)cc1. The summed E-state index contributed by atoms with van der Waals surface area (Å²) < 4.78 is 32.8. The molecule has 0 aliphatic rings. The van der Waals surface area contributed by atoms with E-state index in [-0.39, 0.29) is 19.1 Å². The van der Waals surface area contributed by atoms with Crippen LogP contribution in [0.1, 0.15) is 121 Å². The van der Waals surface area contributed by atoms with Gasteiger partial charge in [-0.2, -0.15) is 0 Å². The van der Waals surface area contributed by atoms with Crippen molar-refractivity contribution >= 4 is 32.7 Å². The van der Waals surface area contributed by atoms with E-state index in [9.17, 15) is 19.0 Å². The molecule has 0 aromatic heterocycles. The second-order valence-corrected chi connectivity index (χ2v) is 14.5. The van der Waals surface area contributed by atoms with E-state index >= 15 is 0 Å². The predicted octanol–water partition coefficient (Wildman–Crippen LogP) is 8.11. The standard InChI is InChI=1S/C34H61BN3O6P/c1-38(2,3)28-30-44-45(41,42)43-29-19-17-15-13-11-9-7-5-4-6-8-10-12-14-16-18-21-32-23-25-33(26-24-32)37-34(39)22-20-27-36-31-35-40/h23-26,31H,4-22,27-30H2,1-3H3,(H-,37,39,41,42)/p+1/b36-31+. The van der Waals surface area contributed by atoms with Crippen molar-refractivity contribution in [3.63, 3.8) is 0 Å². The van der Waals surface area contributed by atoms with Gasteiger partial charge in [-0.3, -0.25) is 9.05 Å². The molecule has 256 valence electrons. The molecule has 1 amide bonds. The van der Waals surface area contributed by atoms with E-state index in [1.807, 2.05) is 33.3 Å². The molecule has 1 rings (SSSR count). The molecule has 1 unspecified atom stereocenters. The van der Waals surface area contributed by atoms with Crippen LogP contribution in [0.25, 0.3) is 0 Å². The molecular formula is C34H62BN3O6P+. The molecule has 0 saturated heterocycles. The van der Waals surface area contributed by atoms with Crippen molar-refractivity contribution < 1.29 is 32.5 Å². The first-order valence-electron chi connectivity index (χ1n) is 17.4. The van der Waals surface area contributed by atoms with Crippen LogP contribution in [0.5, 0.6) is 0 Å². The molecule has 0 radical (unpaired) electrons. The van der Waals surface area contributed by atoms with Crippen molar-refractivity contribution in [2.75, 3.05) is 52.8 Å². The fourth-order valence-corrected chi connectivity index (χ4v) is 5.73. The van der Waals surface area contributed by atoms with Gasteiger partial charge in [0, 0.05) is 0 Å². The number of quaternary nitrogens is 1. The molecule has 9 nitrogen and oxygen atoms in total. The maximum atomic E-state index is 12.0. The fraction of sp³-hybridized carbons (Fsp3) is 0.765. The Bertz CT molecular complexity index is 972. The number of phosphoric ester groups is 1. The number of rotatable bonds is 30. The summed E-state index contributed by atoms with van der Waals surface area (Å²) in [5, 5.41) is 2.92. The molecule has 0 fully saturated rings. The zero-order valence-electron chi connectivity index (χ0n) is 28.6. The van der Waals surface area contributed by atoms with Gasteiger partial charge in [-0.05, 0) is 12.8 Å². The van der Waals surface area contributed by atoms with Gasteiger partial charge in [0.15, 0.2) is 0 Å². The third-order valence-electron chi connectivity index (χ3n) is 7.73. The molecule has 1 aromatic rings. The Balaban J connectivity index is 1.85. The summed E-state index contributed by atoms with van der Waals surface area (Å²) in [5.74, 6) is -0.0246. The van der Waals surface area contributed by atoms with Gasteiger partial charge >= 0.3 is 108 Å². The Labute approximate surface area is 274 Å². The number of aliphatic imine (C=N–C) groups is 1. The number of carbonyl (C=O) groups is 1. The van der Waals surface area contributed by atoms with Crippen LogP contribution >= 0.6 is 7.82 Å². The fourth-order valence-electron chi connectivity index (χ4n) is 4.98. The number of anilines is 1. The molecule has 0 saturated carbocycles. The normalized spacial score (nSPS) is 13.2. The average Bonchev–Trinajstić information content (AvgIpc) is 2.98. The number of carbonyl (C=O) groups excluding carboxylic acids is 1. The van der Waals surface area contributed by atoms with Crippen LogP contribution in [0.2, 0.25) is 0 Å². The Morgan fingerprint density at radius 1 is 0.800 bits per heavy atom. The van der Waals surface area contributed by atoms with Crippen LogP contribution in [0, 0.1) is 0 Å². The van der Waals surface area contributed by atoms with Crippen molar-refractivity contribution in [1.82, 2.24) is 0 Å². The van der Waals surface area contributed by atoms with Gasteiger partial charge in [-0.15, -0.1) is 0 Å². The number of hydrogen-bond acceptors (Lipinski definition) is 6. The second kappa shape index (κ2) is 26.4. The number of hydrogen-bond donors (Lipinski definition) is 2. The second-order valence-electron chi connectivity index (χ2n) is 13.1. The number of amides is 1. The Hall–Kier alpha value is -1.71. The molecule has 45 heavy (non-hydrogen) atoms. The third-order valence-corrected chi connectivity index (χ3v) is 8.74. The summed E-state index contributed by atoms with van der Waals surface area (Å²) in [5.41, 5.74) is 2.14. The van der Waals surface area contributed by atoms with Gasteiger partial charge in [0.2, 0.25) is 0 Å². The Kier molecular flexibility index (Phi) is 24.2. The molecule has 2 N–H and O–H groups in total. The molecule has 1 aromatic carbocycles. The van der Waals surface area contributed by atoms with Crippen LogP contribution in [-0.2, 0) is 29.5 Å². The van der Waals surface area contributed by atoms with Gasteiger partial charge < -0.3 is 9.38 Å². The predicted molar refractivity (Wildman–Crippen MR) is 186 cm³/mol. The minimum absolute atomic E-state index is 0.0246. The van der Waals surface area contributed by atoms with Gasteiger partial charge in [-0.1, -0.05) is 89.9 Å². The zero-order chi connectivity index (χ0) is 33.1. The van der Waals surface area contributed by atoms with Crippen LogP contribution < -0.4 is 5.32 Å². The number of nitrogens with zero attached hydrogens (tertiary/aromatic N) is 2. The molecular weight excluding hydrogens is 588 g/mol. The number of aryl methyl sites for hydroxylation is 1. The third kappa shape index (κ3) is 27.1. The number of unbranched alkanes of at least 4 members (excludes halogenated alkanes) is 15. The zero-order valence-corrected chi connectivity index (χ0v) is 29.5. The molecule has 0 bridgehead atoms.